The van der Waals surface area contributed by atoms with E-state index in [-0.39, 0.29) is 46.9 Å². The summed E-state index contributed by atoms with van der Waals surface area (Å²) in [5.41, 5.74) is 1.06. The molecule has 1 N–H and O–H groups in total. The number of hydrazone groups is 1. The van der Waals surface area contributed by atoms with Crippen LogP contribution in [-0.4, -0.2) is 24.3 Å². The van der Waals surface area contributed by atoms with Gasteiger partial charge in [0.05, 0.1) is 17.9 Å². The Morgan fingerprint density at radius 2 is 1.58 bits per heavy atom. The number of anilines is 2. The van der Waals surface area contributed by atoms with Gasteiger partial charge in [-0.2, -0.15) is 5.01 Å². The van der Waals surface area contributed by atoms with Crippen LogP contribution in [0.3, 0.4) is 0 Å². The number of ether oxygens (including phenoxy) is 1. The van der Waals surface area contributed by atoms with Crippen molar-refractivity contribution >= 4 is 29.1 Å². The summed E-state index contributed by atoms with van der Waals surface area (Å²) in [6.07, 6.45) is 13.3. The number of benzene rings is 1. The molecule has 1 aromatic carbocycles. The van der Waals surface area contributed by atoms with Crippen molar-refractivity contribution in [2.45, 2.75) is 84.5 Å². The fourth-order valence-corrected chi connectivity index (χ4v) is 3.60. The van der Waals surface area contributed by atoms with Crippen LogP contribution in [-0.2, 0) is 14.3 Å². The number of unbranched alkanes of at least 4 members (excludes halogenated alkanes) is 9. The number of carbonyl (C=O) groups is 2. The van der Waals surface area contributed by atoms with Crippen LogP contribution in [0.1, 0.15) is 84.5 Å². The molecule has 7 nitrogen and oxygen atoms in total. The molecule has 0 unspecified atom stereocenters. The van der Waals surface area contributed by atoms with Gasteiger partial charge in [-0.25, -0.2) is 0 Å². The third-order valence-corrected chi connectivity index (χ3v) is 5.40. The van der Waals surface area contributed by atoms with Crippen LogP contribution in [0.25, 0.3) is 0 Å². The van der Waals surface area contributed by atoms with Crippen LogP contribution in [0.2, 0.25) is 0 Å². The van der Waals surface area contributed by atoms with E-state index in [1.807, 2.05) is 0 Å². The van der Waals surface area contributed by atoms with Crippen LogP contribution in [0.5, 0.6) is 0 Å². The zero-order chi connectivity index (χ0) is 23.2. The summed E-state index contributed by atoms with van der Waals surface area (Å²) in [5, 5.41) is 19.3. The summed E-state index contributed by atoms with van der Waals surface area (Å²) in [6, 6.07) is 6.78. The van der Waals surface area contributed by atoms with Crippen molar-refractivity contribution in [3.05, 3.63) is 36.1 Å². The standard InChI is InChI=1S/C25H37N3O4.Na/c1-3-5-6-7-8-9-10-11-12-13-14-23(30)26-20-15-17-21(18-16-20)28-25(31)22(19-29)24(27-28)32-4-2;/h15-19,29H,3-14H2,1-2H3,(H,26,30);/q;+1/p-1/b22-19-;. The minimum Gasteiger partial charge on any atom is -0.877 e. The van der Waals surface area contributed by atoms with E-state index in [1.54, 1.807) is 31.2 Å². The maximum absolute atomic E-state index is 12.3. The first kappa shape index (κ1) is 29.2. The molecule has 0 radical (unpaired) electrons. The van der Waals surface area contributed by atoms with Crippen molar-refractivity contribution in [2.24, 2.45) is 5.10 Å². The molecule has 1 aromatic rings. The van der Waals surface area contributed by atoms with Crippen LogP contribution in [0, 0.1) is 0 Å². The van der Waals surface area contributed by atoms with Gasteiger partial charge in [-0.05, 0) is 37.6 Å². The van der Waals surface area contributed by atoms with E-state index in [0.29, 0.717) is 30.7 Å². The maximum Gasteiger partial charge on any atom is 1.00 e. The third kappa shape index (κ3) is 9.90. The summed E-state index contributed by atoms with van der Waals surface area (Å²) in [4.78, 5) is 24.5. The molecule has 0 aromatic heterocycles. The molecule has 1 aliphatic heterocycles. The van der Waals surface area contributed by atoms with Gasteiger partial charge in [0.25, 0.3) is 5.91 Å². The second kappa shape index (κ2) is 16.7. The van der Waals surface area contributed by atoms with Gasteiger partial charge in [-0.1, -0.05) is 64.7 Å². The molecule has 8 heteroatoms. The molecule has 0 atom stereocenters. The van der Waals surface area contributed by atoms with E-state index in [0.717, 1.165) is 17.9 Å². The Balaban J connectivity index is 0.00000544. The molecule has 0 spiro atoms. The Hall–Kier alpha value is -1.83. The third-order valence-electron chi connectivity index (χ3n) is 5.40. The van der Waals surface area contributed by atoms with Gasteiger partial charge < -0.3 is 15.2 Å². The average molecular weight is 466 g/mol. The summed E-state index contributed by atoms with van der Waals surface area (Å²) < 4.78 is 5.26. The smallest absolute Gasteiger partial charge is 0.877 e. The Kier molecular flexibility index (Phi) is 14.8. The van der Waals surface area contributed by atoms with Gasteiger partial charge in [0.2, 0.25) is 11.8 Å². The van der Waals surface area contributed by atoms with Crippen LogP contribution < -0.4 is 45.0 Å². The number of carbonyl (C=O) groups excluding carboxylic acids is 2. The van der Waals surface area contributed by atoms with Crippen molar-refractivity contribution in [1.29, 1.82) is 0 Å². The van der Waals surface area contributed by atoms with Crippen LogP contribution >= 0.6 is 0 Å². The fraction of sp³-hybridized carbons (Fsp3) is 0.560. The summed E-state index contributed by atoms with van der Waals surface area (Å²) in [5.74, 6) is -0.509. The molecule has 1 heterocycles. The number of rotatable bonds is 14. The molecule has 176 valence electrons. The Morgan fingerprint density at radius 3 is 2.12 bits per heavy atom. The van der Waals surface area contributed by atoms with Crippen molar-refractivity contribution in [3.8, 4) is 0 Å². The molecule has 2 amide bonds. The molecule has 33 heavy (non-hydrogen) atoms. The van der Waals surface area contributed by atoms with Crippen LogP contribution in [0.4, 0.5) is 11.4 Å². The Bertz CT molecular complexity index is 793. The quantitative estimate of drug-likeness (QED) is 0.196. The number of amides is 2. The van der Waals surface area contributed by atoms with Crippen LogP contribution in [0.15, 0.2) is 41.2 Å². The SMILES string of the molecule is CCCCCCCCCCCCC(=O)Nc1ccc(N2N=C(OCC)/C(=C/[O-])C2=O)cc1.[Na+]. The Labute approximate surface area is 219 Å². The van der Waals surface area contributed by atoms with Gasteiger partial charge in [-0.3, -0.25) is 9.59 Å². The normalized spacial score (nSPS) is 14.2. The van der Waals surface area contributed by atoms with Gasteiger partial charge in [0.15, 0.2) is 0 Å². The Morgan fingerprint density at radius 1 is 1.00 bits per heavy atom. The van der Waals surface area contributed by atoms with E-state index in [4.69, 9.17) is 4.74 Å². The summed E-state index contributed by atoms with van der Waals surface area (Å²) in [6.45, 7) is 4.30. The second-order valence-corrected chi connectivity index (χ2v) is 8.01. The van der Waals surface area contributed by atoms with E-state index in [2.05, 4.69) is 17.3 Å². The predicted octanol–water partition coefficient (Wildman–Crippen LogP) is 1.88. The van der Waals surface area contributed by atoms with E-state index < -0.39 is 5.91 Å². The molecule has 0 saturated heterocycles. The largest absolute Gasteiger partial charge is 1.00 e. The number of nitrogens with one attached hydrogen (secondary N) is 1. The number of hydrogen-bond acceptors (Lipinski definition) is 5. The van der Waals surface area contributed by atoms with Gasteiger partial charge in [0.1, 0.15) is 0 Å². The number of nitrogens with zero attached hydrogens (tertiary/aromatic N) is 2. The first-order valence-corrected chi connectivity index (χ1v) is 11.9. The van der Waals surface area contributed by atoms with Gasteiger partial charge >= 0.3 is 29.6 Å². The van der Waals surface area contributed by atoms with Crippen molar-refractivity contribution in [2.75, 3.05) is 16.9 Å². The first-order chi connectivity index (χ1) is 15.6. The summed E-state index contributed by atoms with van der Waals surface area (Å²) >= 11 is 0. The topological polar surface area (TPSA) is 94.1 Å². The second-order valence-electron chi connectivity index (χ2n) is 8.01. The zero-order valence-corrected chi connectivity index (χ0v) is 22.4. The average Bonchev–Trinajstić information content (AvgIpc) is 3.10. The molecule has 0 aliphatic carbocycles. The summed E-state index contributed by atoms with van der Waals surface area (Å²) in [7, 11) is 0. The van der Waals surface area contributed by atoms with Crippen molar-refractivity contribution in [1.82, 2.24) is 0 Å². The molecule has 1 aliphatic rings. The fourth-order valence-electron chi connectivity index (χ4n) is 3.60. The zero-order valence-electron chi connectivity index (χ0n) is 20.4. The minimum absolute atomic E-state index is 0. The van der Waals surface area contributed by atoms with E-state index >= 15 is 0 Å². The maximum atomic E-state index is 12.3. The first-order valence-electron chi connectivity index (χ1n) is 11.9. The molecular weight excluding hydrogens is 429 g/mol. The molecule has 0 fully saturated rings. The minimum atomic E-state index is -0.527. The van der Waals surface area contributed by atoms with Crippen molar-refractivity contribution < 1.29 is 49.0 Å². The molecule has 0 bridgehead atoms. The van der Waals surface area contributed by atoms with E-state index in [9.17, 15) is 14.7 Å². The van der Waals surface area contributed by atoms with Gasteiger partial charge in [-0.15, -0.1) is 11.4 Å². The van der Waals surface area contributed by atoms with Gasteiger partial charge in [0, 0.05) is 12.1 Å². The predicted molar refractivity (Wildman–Crippen MR) is 126 cm³/mol. The molecule has 0 saturated carbocycles. The molecule has 2 rings (SSSR count). The monoisotopic (exact) mass is 465 g/mol. The van der Waals surface area contributed by atoms with Crippen molar-refractivity contribution in [3.63, 3.8) is 0 Å². The van der Waals surface area contributed by atoms with E-state index in [1.165, 1.54) is 51.4 Å². The molecular formula is C25H36N3NaO4. The number of hydrogen-bond donors (Lipinski definition) is 1.